The maximum absolute atomic E-state index is 11.9. The van der Waals surface area contributed by atoms with E-state index in [0.29, 0.717) is 12.6 Å². The van der Waals surface area contributed by atoms with Crippen LogP contribution in [0.1, 0.15) is 62.1 Å². The number of aromatic nitrogens is 1. The van der Waals surface area contributed by atoms with E-state index < -0.39 is 0 Å². The van der Waals surface area contributed by atoms with Gasteiger partial charge in [0.25, 0.3) is 0 Å². The number of rotatable bonds is 6. The number of aryl methyl sites for hydroxylation is 2. The van der Waals surface area contributed by atoms with Crippen molar-refractivity contribution < 1.29 is 14.1 Å². The van der Waals surface area contributed by atoms with E-state index in [1.807, 2.05) is 20.8 Å². The molecule has 124 valence electrons. The molecule has 0 saturated carbocycles. The fourth-order valence-corrected chi connectivity index (χ4v) is 2.99. The highest BCUT2D eigenvalue weighted by Crippen LogP contribution is 2.20. The zero-order valence-electron chi connectivity index (χ0n) is 13.8. The minimum absolute atomic E-state index is 0.118. The van der Waals surface area contributed by atoms with Gasteiger partial charge in [-0.1, -0.05) is 5.16 Å². The van der Waals surface area contributed by atoms with Gasteiger partial charge < -0.3 is 19.9 Å². The van der Waals surface area contributed by atoms with Crippen molar-refractivity contribution >= 4 is 6.03 Å². The molecule has 2 N–H and O–H groups in total. The minimum atomic E-state index is -0.155. The molecule has 6 heteroatoms. The smallest absolute Gasteiger partial charge is 0.315 e. The molecule has 22 heavy (non-hydrogen) atoms. The maximum atomic E-state index is 11.9. The molecule has 1 aliphatic heterocycles. The number of nitrogens with one attached hydrogen (secondary N) is 2. The Morgan fingerprint density at radius 3 is 2.86 bits per heavy atom. The summed E-state index contributed by atoms with van der Waals surface area (Å²) >= 11 is 0. The monoisotopic (exact) mass is 309 g/mol. The molecule has 0 spiro atoms. The van der Waals surface area contributed by atoms with Gasteiger partial charge in [-0.05, 0) is 52.9 Å². The van der Waals surface area contributed by atoms with Crippen LogP contribution >= 0.6 is 0 Å². The van der Waals surface area contributed by atoms with Crippen molar-refractivity contribution in [2.75, 3.05) is 13.2 Å². The van der Waals surface area contributed by atoms with Crippen LogP contribution < -0.4 is 10.6 Å². The summed E-state index contributed by atoms with van der Waals surface area (Å²) in [6.45, 7) is 7.22. The van der Waals surface area contributed by atoms with E-state index in [-0.39, 0.29) is 12.1 Å². The summed E-state index contributed by atoms with van der Waals surface area (Å²) in [5, 5.41) is 9.73. The molecule has 2 heterocycles. The van der Waals surface area contributed by atoms with Gasteiger partial charge in [0.1, 0.15) is 5.76 Å². The summed E-state index contributed by atoms with van der Waals surface area (Å²) in [6.07, 6.45) is 5.91. The van der Waals surface area contributed by atoms with E-state index in [0.717, 1.165) is 42.9 Å². The Balaban J connectivity index is 1.65. The Kier molecular flexibility index (Phi) is 6.24. The predicted molar refractivity (Wildman–Crippen MR) is 83.8 cm³/mol. The molecule has 0 unspecified atom stereocenters. The maximum Gasteiger partial charge on any atom is 0.315 e. The molecule has 0 radical (unpaired) electrons. The number of amides is 2. The van der Waals surface area contributed by atoms with E-state index in [4.69, 9.17) is 9.26 Å². The third kappa shape index (κ3) is 4.73. The van der Waals surface area contributed by atoms with E-state index >= 15 is 0 Å². The molecule has 0 bridgehead atoms. The Morgan fingerprint density at radius 2 is 2.23 bits per heavy atom. The van der Waals surface area contributed by atoms with Gasteiger partial charge >= 0.3 is 6.03 Å². The first kappa shape index (κ1) is 16.8. The number of hydrogen-bond donors (Lipinski definition) is 2. The van der Waals surface area contributed by atoms with E-state index in [1.54, 1.807) is 0 Å². The first-order chi connectivity index (χ1) is 10.6. The Hall–Kier alpha value is -1.56. The van der Waals surface area contributed by atoms with Crippen molar-refractivity contribution in [1.29, 1.82) is 0 Å². The Morgan fingerprint density at radius 1 is 1.41 bits per heavy atom. The largest absolute Gasteiger partial charge is 0.378 e. The van der Waals surface area contributed by atoms with Gasteiger partial charge in [-0.15, -0.1) is 0 Å². The average molecular weight is 309 g/mol. The second kappa shape index (κ2) is 8.17. The lowest BCUT2D eigenvalue weighted by molar-refractivity contribution is 0.0103. The van der Waals surface area contributed by atoms with Crippen LogP contribution in [0.4, 0.5) is 4.79 Å². The van der Waals surface area contributed by atoms with Crippen molar-refractivity contribution in [2.45, 2.75) is 65.0 Å². The van der Waals surface area contributed by atoms with Crippen molar-refractivity contribution in [1.82, 2.24) is 15.8 Å². The summed E-state index contributed by atoms with van der Waals surface area (Å²) in [5.74, 6) is 0.750. The van der Waals surface area contributed by atoms with Crippen molar-refractivity contribution in [2.24, 2.45) is 0 Å². The standard InChI is InChI=1S/C16H27N3O3/c1-11(15-12(2)19-22-13(15)3)18-16(20)17-9-6-8-14-7-4-5-10-21-14/h11,14H,4-10H2,1-3H3,(H2,17,18,20)/t11-,14-/m0/s1. The molecule has 0 aromatic carbocycles. The predicted octanol–water partition coefficient (Wildman–Crippen LogP) is 3.00. The molecule has 2 rings (SSSR count). The van der Waals surface area contributed by atoms with Crippen LogP contribution in [0.15, 0.2) is 4.52 Å². The molecule has 0 aliphatic carbocycles. The summed E-state index contributed by atoms with van der Waals surface area (Å²) in [7, 11) is 0. The average Bonchev–Trinajstić information content (AvgIpc) is 2.84. The second-order valence-corrected chi connectivity index (χ2v) is 5.99. The van der Waals surface area contributed by atoms with Gasteiger partial charge in [0.05, 0.1) is 17.8 Å². The topological polar surface area (TPSA) is 76.4 Å². The van der Waals surface area contributed by atoms with Crippen molar-refractivity contribution in [3.8, 4) is 0 Å². The molecule has 1 aromatic rings. The van der Waals surface area contributed by atoms with Crippen LogP contribution in [0.5, 0.6) is 0 Å². The van der Waals surface area contributed by atoms with Crippen molar-refractivity contribution in [3.05, 3.63) is 17.0 Å². The van der Waals surface area contributed by atoms with Gasteiger partial charge in [0, 0.05) is 18.7 Å². The Labute approximate surface area is 132 Å². The van der Waals surface area contributed by atoms with Crippen LogP contribution in [0, 0.1) is 13.8 Å². The fourth-order valence-electron chi connectivity index (χ4n) is 2.99. The SMILES string of the molecule is Cc1noc(C)c1[C@H](C)NC(=O)NCCC[C@@H]1CCCCO1. The number of carbonyl (C=O) groups is 1. The molecular weight excluding hydrogens is 282 g/mol. The minimum Gasteiger partial charge on any atom is -0.378 e. The third-order valence-electron chi connectivity index (χ3n) is 4.13. The van der Waals surface area contributed by atoms with Crippen LogP contribution in [-0.4, -0.2) is 30.4 Å². The summed E-state index contributed by atoms with van der Waals surface area (Å²) in [5.41, 5.74) is 1.77. The molecule has 1 aromatic heterocycles. The van der Waals surface area contributed by atoms with E-state index in [1.165, 1.54) is 12.8 Å². The van der Waals surface area contributed by atoms with Gasteiger partial charge in [0.15, 0.2) is 0 Å². The van der Waals surface area contributed by atoms with Crippen molar-refractivity contribution in [3.63, 3.8) is 0 Å². The van der Waals surface area contributed by atoms with Gasteiger partial charge in [-0.25, -0.2) is 4.79 Å². The molecule has 6 nitrogen and oxygen atoms in total. The summed E-state index contributed by atoms with van der Waals surface area (Å²) < 4.78 is 10.8. The number of hydrogen-bond acceptors (Lipinski definition) is 4. The molecule has 2 amide bonds. The third-order valence-corrected chi connectivity index (χ3v) is 4.13. The highest BCUT2D eigenvalue weighted by Gasteiger charge is 2.18. The fraction of sp³-hybridized carbons (Fsp3) is 0.750. The first-order valence-corrected chi connectivity index (χ1v) is 8.16. The normalized spacial score (nSPS) is 19.7. The van der Waals surface area contributed by atoms with Crippen LogP contribution in [0.25, 0.3) is 0 Å². The lowest BCUT2D eigenvalue weighted by Crippen LogP contribution is -2.38. The molecule has 1 saturated heterocycles. The quantitative estimate of drug-likeness (QED) is 0.792. The van der Waals surface area contributed by atoms with E-state index in [9.17, 15) is 4.79 Å². The highest BCUT2D eigenvalue weighted by atomic mass is 16.5. The zero-order chi connectivity index (χ0) is 15.9. The van der Waals surface area contributed by atoms with Crippen LogP contribution in [0.2, 0.25) is 0 Å². The Bertz CT molecular complexity index is 461. The lowest BCUT2D eigenvalue weighted by Gasteiger charge is -2.22. The number of ether oxygens (including phenoxy) is 1. The summed E-state index contributed by atoms with van der Waals surface area (Å²) in [4.78, 5) is 11.9. The van der Waals surface area contributed by atoms with Crippen LogP contribution in [-0.2, 0) is 4.74 Å². The highest BCUT2D eigenvalue weighted by molar-refractivity contribution is 5.74. The zero-order valence-corrected chi connectivity index (χ0v) is 13.8. The number of carbonyl (C=O) groups excluding carboxylic acids is 1. The second-order valence-electron chi connectivity index (χ2n) is 5.99. The van der Waals surface area contributed by atoms with E-state index in [2.05, 4.69) is 15.8 Å². The molecule has 2 atom stereocenters. The lowest BCUT2D eigenvalue weighted by atomic mass is 10.0. The number of nitrogens with zero attached hydrogens (tertiary/aromatic N) is 1. The molecular formula is C16H27N3O3. The number of urea groups is 1. The molecule has 1 aliphatic rings. The summed E-state index contributed by atoms with van der Waals surface area (Å²) in [6, 6.07) is -0.273. The van der Waals surface area contributed by atoms with Gasteiger partial charge in [-0.3, -0.25) is 0 Å². The first-order valence-electron chi connectivity index (χ1n) is 8.16. The van der Waals surface area contributed by atoms with Gasteiger partial charge in [0.2, 0.25) is 0 Å². The van der Waals surface area contributed by atoms with Crippen LogP contribution in [0.3, 0.4) is 0 Å². The van der Waals surface area contributed by atoms with Gasteiger partial charge in [-0.2, -0.15) is 0 Å². The molecule has 1 fully saturated rings.